The molecule has 41 heavy (non-hydrogen) atoms. The molecule has 2 heterocycles. The third kappa shape index (κ3) is 5.19. The summed E-state index contributed by atoms with van der Waals surface area (Å²) in [5.41, 5.74) is 5.29. The molecule has 0 aliphatic carbocycles. The zero-order valence-corrected chi connectivity index (χ0v) is 24.6. The molecule has 0 atom stereocenters. The maximum absolute atomic E-state index is 13.7. The molecule has 1 fully saturated rings. The molecule has 6 nitrogen and oxygen atoms in total. The van der Waals surface area contributed by atoms with E-state index in [0.29, 0.717) is 15.7 Å². The highest BCUT2D eigenvalue weighted by molar-refractivity contribution is 9.10. The molecule has 1 aliphatic rings. The first-order valence-corrected chi connectivity index (χ1v) is 14.3. The van der Waals surface area contributed by atoms with Crippen molar-refractivity contribution >= 4 is 61.5 Å². The lowest BCUT2D eigenvalue weighted by molar-refractivity contribution is -0.122. The monoisotopic (exact) mass is 665 g/mol. The van der Waals surface area contributed by atoms with Crippen LogP contribution in [0.25, 0.3) is 34.3 Å². The summed E-state index contributed by atoms with van der Waals surface area (Å²) >= 11 is 6.91. The lowest BCUT2D eigenvalue weighted by atomic mass is 10.0. The van der Waals surface area contributed by atoms with E-state index in [0.717, 1.165) is 37.6 Å². The van der Waals surface area contributed by atoms with E-state index in [2.05, 4.69) is 41.7 Å². The molecule has 0 unspecified atom stereocenters. The van der Waals surface area contributed by atoms with Crippen LogP contribution in [0.3, 0.4) is 0 Å². The average molecular weight is 667 g/mol. The topological polar surface area (TPSA) is 71.4 Å². The van der Waals surface area contributed by atoms with Gasteiger partial charge in [0.05, 0.1) is 17.1 Å². The van der Waals surface area contributed by atoms with Gasteiger partial charge in [0.25, 0.3) is 11.8 Å². The summed E-state index contributed by atoms with van der Waals surface area (Å²) in [5, 5.41) is 2.33. The van der Waals surface area contributed by atoms with Crippen LogP contribution < -0.4 is 10.2 Å². The Kier molecular flexibility index (Phi) is 7.26. The summed E-state index contributed by atoms with van der Waals surface area (Å²) in [6.07, 6.45) is 1.57. The fourth-order valence-electron chi connectivity index (χ4n) is 4.87. The number of benzene rings is 4. The summed E-state index contributed by atoms with van der Waals surface area (Å²) in [6.45, 7) is 0. The standard InChI is InChI=1S/C33H21Br2N3O3/c34-24-14-16-26(17-15-24)37-29(21-8-3-1-4-9-21)19-23(30(37)22-10-5-2-6-11-22)18-28-31(39)36-33(41)38(32(28)40)27-13-7-12-25(35)20-27/h1-20H,(H,36,39,41). The maximum atomic E-state index is 13.7. The number of urea groups is 1. The van der Waals surface area contributed by atoms with Crippen molar-refractivity contribution in [1.29, 1.82) is 0 Å². The Morgan fingerprint density at radius 1 is 0.634 bits per heavy atom. The van der Waals surface area contributed by atoms with E-state index in [1.54, 1.807) is 30.3 Å². The molecule has 0 saturated carbocycles. The summed E-state index contributed by atoms with van der Waals surface area (Å²) in [4.78, 5) is 40.6. The highest BCUT2D eigenvalue weighted by Gasteiger charge is 2.37. The Hall–Kier alpha value is -4.53. The first kappa shape index (κ1) is 26.7. The molecule has 4 amide bonds. The quantitative estimate of drug-likeness (QED) is 0.153. The lowest BCUT2D eigenvalue weighted by Crippen LogP contribution is -2.54. The van der Waals surface area contributed by atoms with Crippen LogP contribution in [-0.2, 0) is 9.59 Å². The van der Waals surface area contributed by atoms with Crippen molar-refractivity contribution in [2.24, 2.45) is 0 Å². The van der Waals surface area contributed by atoms with Crippen LogP contribution in [0.2, 0.25) is 0 Å². The minimum atomic E-state index is -0.795. The number of nitrogens with one attached hydrogen (secondary N) is 1. The van der Waals surface area contributed by atoms with E-state index in [4.69, 9.17) is 0 Å². The molecule has 1 saturated heterocycles. The van der Waals surface area contributed by atoms with Crippen molar-refractivity contribution in [2.75, 3.05) is 4.90 Å². The van der Waals surface area contributed by atoms with Crippen molar-refractivity contribution < 1.29 is 14.4 Å². The number of nitrogens with zero attached hydrogens (tertiary/aromatic N) is 2. The third-order valence-electron chi connectivity index (χ3n) is 6.70. The van der Waals surface area contributed by atoms with E-state index in [1.165, 1.54) is 0 Å². The number of rotatable bonds is 5. The van der Waals surface area contributed by atoms with Gasteiger partial charge in [0.15, 0.2) is 0 Å². The van der Waals surface area contributed by atoms with Gasteiger partial charge >= 0.3 is 6.03 Å². The van der Waals surface area contributed by atoms with Crippen LogP contribution in [0.1, 0.15) is 5.56 Å². The Morgan fingerprint density at radius 3 is 1.95 bits per heavy atom. The van der Waals surface area contributed by atoms with E-state index >= 15 is 0 Å². The highest BCUT2D eigenvalue weighted by atomic mass is 79.9. The summed E-state index contributed by atoms with van der Waals surface area (Å²) in [6, 6.07) is 35.6. The van der Waals surface area contributed by atoms with Gasteiger partial charge in [-0.15, -0.1) is 0 Å². The van der Waals surface area contributed by atoms with Gasteiger partial charge in [-0.2, -0.15) is 0 Å². The highest BCUT2D eigenvalue weighted by Crippen LogP contribution is 2.38. The number of carbonyl (C=O) groups is 3. The van der Waals surface area contributed by atoms with Crippen LogP contribution in [0, 0.1) is 0 Å². The van der Waals surface area contributed by atoms with Crippen molar-refractivity contribution in [2.45, 2.75) is 0 Å². The van der Waals surface area contributed by atoms with Crippen LogP contribution in [-0.4, -0.2) is 22.4 Å². The molecular weight excluding hydrogens is 646 g/mol. The van der Waals surface area contributed by atoms with Gasteiger partial charge in [-0.1, -0.05) is 98.6 Å². The minimum absolute atomic E-state index is 0.144. The molecular formula is C33H21Br2N3O3. The van der Waals surface area contributed by atoms with E-state index < -0.39 is 17.8 Å². The fourth-order valence-corrected chi connectivity index (χ4v) is 5.53. The molecule has 5 aromatic rings. The van der Waals surface area contributed by atoms with Crippen molar-refractivity contribution in [1.82, 2.24) is 9.88 Å². The molecule has 0 bridgehead atoms. The van der Waals surface area contributed by atoms with E-state index in [1.807, 2.05) is 91.0 Å². The van der Waals surface area contributed by atoms with Crippen LogP contribution in [0.15, 0.2) is 130 Å². The van der Waals surface area contributed by atoms with Gasteiger partial charge in [0.2, 0.25) is 0 Å². The second-order valence-electron chi connectivity index (χ2n) is 9.32. The average Bonchev–Trinajstić information content (AvgIpc) is 3.36. The number of amides is 4. The molecule has 1 N–H and O–H groups in total. The lowest BCUT2D eigenvalue weighted by Gasteiger charge is -2.26. The molecule has 1 aromatic heterocycles. The normalized spacial score (nSPS) is 14.4. The molecule has 6 rings (SSSR count). The third-order valence-corrected chi connectivity index (χ3v) is 7.72. The number of anilines is 1. The number of imide groups is 2. The number of aromatic nitrogens is 1. The smallest absolute Gasteiger partial charge is 0.309 e. The van der Waals surface area contributed by atoms with Crippen molar-refractivity contribution in [3.05, 3.63) is 135 Å². The number of halogens is 2. The van der Waals surface area contributed by atoms with Crippen LogP contribution >= 0.6 is 31.9 Å². The Bertz CT molecular complexity index is 1830. The minimum Gasteiger partial charge on any atom is -0.309 e. The number of carbonyl (C=O) groups excluding carboxylic acids is 3. The van der Waals surface area contributed by atoms with Crippen LogP contribution in [0.4, 0.5) is 10.5 Å². The zero-order chi connectivity index (χ0) is 28.5. The Labute approximate surface area is 253 Å². The fraction of sp³-hybridized carbons (Fsp3) is 0. The SMILES string of the molecule is O=C1NC(=O)N(c2cccc(Br)c2)C(=O)C1=Cc1cc(-c2ccccc2)n(-c2ccc(Br)cc2)c1-c1ccccc1. The van der Waals surface area contributed by atoms with Gasteiger partial charge in [-0.05, 0) is 65.7 Å². The second-order valence-corrected chi connectivity index (χ2v) is 11.1. The second kappa shape index (κ2) is 11.2. The molecule has 0 radical (unpaired) electrons. The van der Waals surface area contributed by atoms with E-state index in [9.17, 15) is 14.4 Å². The number of barbiturate groups is 1. The summed E-state index contributed by atoms with van der Waals surface area (Å²) in [7, 11) is 0. The summed E-state index contributed by atoms with van der Waals surface area (Å²) in [5.74, 6) is -1.45. The molecule has 8 heteroatoms. The van der Waals surface area contributed by atoms with Gasteiger partial charge in [-0.25, -0.2) is 9.69 Å². The Morgan fingerprint density at radius 2 is 1.29 bits per heavy atom. The van der Waals surface area contributed by atoms with Crippen molar-refractivity contribution in [3.63, 3.8) is 0 Å². The molecule has 4 aromatic carbocycles. The maximum Gasteiger partial charge on any atom is 0.335 e. The number of hydrogen-bond donors (Lipinski definition) is 1. The largest absolute Gasteiger partial charge is 0.335 e. The van der Waals surface area contributed by atoms with Gasteiger partial charge in [-0.3, -0.25) is 14.9 Å². The van der Waals surface area contributed by atoms with Gasteiger partial charge < -0.3 is 4.57 Å². The predicted molar refractivity (Wildman–Crippen MR) is 167 cm³/mol. The summed E-state index contributed by atoms with van der Waals surface area (Å²) < 4.78 is 3.76. The molecule has 1 aliphatic heterocycles. The van der Waals surface area contributed by atoms with Crippen molar-refractivity contribution in [3.8, 4) is 28.2 Å². The van der Waals surface area contributed by atoms with E-state index in [-0.39, 0.29) is 5.57 Å². The number of hydrogen-bond acceptors (Lipinski definition) is 3. The van der Waals surface area contributed by atoms with Crippen LogP contribution in [0.5, 0.6) is 0 Å². The van der Waals surface area contributed by atoms with Gasteiger partial charge in [0, 0.05) is 20.2 Å². The first-order valence-electron chi connectivity index (χ1n) is 12.7. The molecule has 0 spiro atoms. The first-order chi connectivity index (χ1) is 19.9. The Balaban J connectivity index is 1.60. The molecule has 200 valence electrons. The van der Waals surface area contributed by atoms with Gasteiger partial charge in [0.1, 0.15) is 5.57 Å². The predicted octanol–water partition coefficient (Wildman–Crippen LogP) is 8.00. The zero-order valence-electron chi connectivity index (χ0n) is 21.4.